The first-order valence-electron chi connectivity index (χ1n) is 9.06. The smallest absolute Gasteiger partial charge is 0.160 e. The number of aliphatic hydroxyl groups excluding tert-OH is 1. The van der Waals surface area contributed by atoms with Crippen molar-refractivity contribution in [3.05, 3.63) is 47.5 Å². The second kappa shape index (κ2) is 8.50. The normalized spacial score (nSPS) is 22.4. The SMILES string of the molecule is COc1cc(CC[C@@H]2C[C@@H](O)C[C@H](c3ccc(O)c(OC)c3)O2)ccc1O. The highest BCUT2D eigenvalue weighted by atomic mass is 16.5. The zero-order valence-electron chi connectivity index (χ0n) is 15.6. The lowest BCUT2D eigenvalue weighted by molar-refractivity contribution is -0.0998. The Balaban J connectivity index is 1.66. The molecule has 27 heavy (non-hydrogen) atoms. The molecule has 0 aliphatic carbocycles. The van der Waals surface area contributed by atoms with Crippen LogP contribution < -0.4 is 9.47 Å². The van der Waals surface area contributed by atoms with E-state index in [0.29, 0.717) is 24.3 Å². The predicted octanol–water partition coefficient (Wildman–Crippen LogP) is 3.33. The van der Waals surface area contributed by atoms with Crippen molar-refractivity contribution in [3.63, 3.8) is 0 Å². The summed E-state index contributed by atoms with van der Waals surface area (Å²) in [6.07, 6.45) is 1.82. The summed E-state index contributed by atoms with van der Waals surface area (Å²) in [6, 6.07) is 10.4. The number of phenolic OH excluding ortho intramolecular Hbond substituents is 2. The number of hydrogen-bond acceptors (Lipinski definition) is 6. The summed E-state index contributed by atoms with van der Waals surface area (Å²) in [5.41, 5.74) is 1.91. The fourth-order valence-corrected chi connectivity index (χ4v) is 3.49. The van der Waals surface area contributed by atoms with E-state index < -0.39 is 6.10 Å². The van der Waals surface area contributed by atoms with Gasteiger partial charge in [-0.25, -0.2) is 0 Å². The molecule has 0 bridgehead atoms. The molecular weight excluding hydrogens is 348 g/mol. The van der Waals surface area contributed by atoms with Crippen LogP contribution in [0.5, 0.6) is 23.0 Å². The molecule has 1 aliphatic heterocycles. The van der Waals surface area contributed by atoms with E-state index in [4.69, 9.17) is 14.2 Å². The van der Waals surface area contributed by atoms with Gasteiger partial charge in [-0.3, -0.25) is 0 Å². The van der Waals surface area contributed by atoms with Gasteiger partial charge in [-0.05, 0) is 54.7 Å². The minimum absolute atomic E-state index is 0.0791. The van der Waals surface area contributed by atoms with E-state index in [-0.39, 0.29) is 23.7 Å². The maximum absolute atomic E-state index is 10.3. The highest BCUT2D eigenvalue weighted by molar-refractivity contribution is 5.43. The van der Waals surface area contributed by atoms with Crippen LogP contribution in [0, 0.1) is 0 Å². The minimum Gasteiger partial charge on any atom is -0.504 e. The fourth-order valence-electron chi connectivity index (χ4n) is 3.49. The third-order valence-electron chi connectivity index (χ3n) is 4.95. The second-order valence-corrected chi connectivity index (χ2v) is 6.85. The quantitative estimate of drug-likeness (QED) is 0.719. The molecule has 0 spiro atoms. The van der Waals surface area contributed by atoms with Crippen LogP contribution in [0.1, 0.15) is 36.5 Å². The molecule has 0 amide bonds. The van der Waals surface area contributed by atoms with Crippen molar-refractivity contribution >= 4 is 0 Å². The molecule has 2 aromatic rings. The minimum atomic E-state index is -0.442. The van der Waals surface area contributed by atoms with Gasteiger partial charge in [-0.15, -0.1) is 0 Å². The number of ether oxygens (including phenoxy) is 3. The van der Waals surface area contributed by atoms with Gasteiger partial charge in [0.05, 0.1) is 32.5 Å². The Morgan fingerprint density at radius 3 is 2.33 bits per heavy atom. The van der Waals surface area contributed by atoms with Crippen molar-refractivity contribution < 1.29 is 29.5 Å². The van der Waals surface area contributed by atoms with Crippen LogP contribution in [0.4, 0.5) is 0 Å². The summed E-state index contributed by atoms with van der Waals surface area (Å²) in [6.45, 7) is 0. The van der Waals surface area contributed by atoms with Crippen LogP contribution >= 0.6 is 0 Å². The molecule has 3 rings (SSSR count). The van der Waals surface area contributed by atoms with Crippen molar-refractivity contribution in [1.82, 2.24) is 0 Å². The largest absolute Gasteiger partial charge is 0.504 e. The molecule has 1 saturated heterocycles. The lowest BCUT2D eigenvalue weighted by Crippen LogP contribution is -2.31. The van der Waals surface area contributed by atoms with Crippen molar-refractivity contribution in [3.8, 4) is 23.0 Å². The number of aromatic hydroxyl groups is 2. The van der Waals surface area contributed by atoms with E-state index in [1.807, 2.05) is 12.1 Å². The van der Waals surface area contributed by atoms with Gasteiger partial charge in [-0.2, -0.15) is 0 Å². The Bertz CT molecular complexity index is 775. The van der Waals surface area contributed by atoms with E-state index >= 15 is 0 Å². The van der Waals surface area contributed by atoms with Crippen LogP contribution in [-0.4, -0.2) is 41.7 Å². The molecule has 0 saturated carbocycles. The summed E-state index contributed by atoms with van der Waals surface area (Å²) < 4.78 is 16.5. The number of phenols is 2. The van der Waals surface area contributed by atoms with Gasteiger partial charge in [0.2, 0.25) is 0 Å². The summed E-state index contributed by atoms with van der Waals surface area (Å²) >= 11 is 0. The van der Waals surface area contributed by atoms with Crippen molar-refractivity contribution in [2.45, 2.75) is 44.0 Å². The number of hydrogen-bond donors (Lipinski definition) is 3. The van der Waals surface area contributed by atoms with Gasteiger partial charge in [-0.1, -0.05) is 12.1 Å². The van der Waals surface area contributed by atoms with Crippen molar-refractivity contribution in [2.75, 3.05) is 14.2 Å². The zero-order valence-corrected chi connectivity index (χ0v) is 15.6. The molecule has 6 nitrogen and oxygen atoms in total. The van der Waals surface area contributed by atoms with E-state index in [9.17, 15) is 15.3 Å². The topological polar surface area (TPSA) is 88.4 Å². The number of methoxy groups -OCH3 is 2. The summed E-state index contributed by atoms with van der Waals surface area (Å²) in [4.78, 5) is 0. The van der Waals surface area contributed by atoms with Gasteiger partial charge < -0.3 is 29.5 Å². The molecule has 3 N–H and O–H groups in total. The fraction of sp³-hybridized carbons (Fsp3) is 0.429. The molecule has 0 unspecified atom stereocenters. The summed E-state index contributed by atoms with van der Waals surface area (Å²) in [7, 11) is 3.03. The van der Waals surface area contributed by atoms with Crippen LogP contribution in [0.25, 0.3) is 0 Å². The Kier molecular flexibility index (Phi) is 6.08. The first-order chi connectivity index (χ1) is 13.0. The Hall–Kier alpha value is -2.44. The first kappa shape index (κ1) is 19.3. The summed E-state index contributed by atoms with van der Waals surface area (Å²) in [5.74, 6) is 1.04. The molecular formula is C21H26O6. The van der Waals surface area contributed by atoms with E-state index in [1.54, 1.807) is 24.3 Å². The van der Waals surface area contributed by atoms with Gasteiger partial charge in [0.15, 0.2) is 23.0 Å². The Morgan fingerprint density at radius 1 is 0.963 bits per heavy atom. The highest BCUT2D eigenvalue weighted by Crippen LogP contribution is 2.37. The van der Waals surface area contributed by atoms with Gasteiger partial charge in [0, 0.05) is 6.42 Å². The molecule has 6 heteroatoms. The van der Waals surface area contributed by atoms with E-state index in [2.05, 4.69) is 0 Å². The lowest BCUT2D eigenvalue weighted by atomic mass is 9.93. The molecule has 0 aromatic heterocycles. The number of rotatable bonds is 6. The zero-order chi connectivity index (χ0) is 19.4. The molecule has 0 radical (unpaired) electrons. The van der Waals surface area contributed by atoms with E-state index in [1.165, 1.54) is 14.2 Å². The molecule has 146 valence electrons. The van der Waals surface area contributed by atoms with Crippen LogP contribution in [0.2, 0.25) is 0 Å². The molecule has 1 heterocycles. The lowest BCUT2D eigenvalue weighted by Gasteiger charge is -2.33. The average Bonchev–Trinajstić information content (AvgIpc) is 2.67. The van der Waals surface area contributed by atoms with Crippen LogP contribution in [-0.2, 0) is 11.2 Å². The highest BCUT2D eigenvalue weighted by Gasteiger charge is 2.29. The van der Waals surface area contributed by atoms with Crippen molar-refractivity contribution in [1.29, 1.82) is 0 Å². The molecule has 3 atom stereocenters. The van der Waals surface area contributed by atoms with Gasteiger partial charge >= 0.3 is 0 Å². The van der Waals surface area contributed by atoms with Crippen LogP contribution in [0.3, 0.4) is 0 Å². The molecule has 1 aliphatic rings. The van der Waals surface area contributed by atoms with Crippen molar-refractivity contribution in [2.24, 2.45) is 0 Å². The monoisotopic (exact) mass is 374 g/mol. The van der Waals surface area contributed by atoms with Crippen LogP contribution in [0.15, 0.2) is 36.4 Å². The Labute approximate surface area is 158 Å². The predicted molar refractivity (Wildman–Crippen MR) is 100 cm³/mol. The number of aryl methyl sites for hydroxylation is 1. The third-order valence-corrected chi connectivity index (χ3v) is 4.95. The maximum Gasteiger partial charge on any atom is 0.160 e. The standard InChI is InChI=1S/C21H26O6/c1-25-20-9-13(4-7-17(20)23)3-6-16-11-15(22)12-19(27-16)14-5-8-18(24)21(10-14)26-2/h4-5,7-10,15-16,19,22-24H,3,6,11-12H2,1-2H3/t15-,16-,19-/m1/s1. The van der Waals surface area contributed by atoms with Gasteiger partial charge in [0.25, 0.3) is 0 Å². The molecule has 1 fully saturated rings. The molecule has 2 aromatic carbocycles. The van der Waals surface area contributed by atoms with Gasteiger partial charge in [0.1, 0.15) is 0 Å². The summed E-state index contributed by atoms with van der Waals surface area (Å²) in [5, 5.41) is 29.8. The number of benzene rings is 2. The average molecular weight is 374 g/mol. The first-order valence-corrected chi connectivity index (χ1v) is 9.06. The Morgan fingerprint density at radius 2 is 1.63 bits per heavy atom. The van der Waals surface area contributed by atoms with E-state index in [0.717, 1.165) is 24.0 Å². The maximum atomic E-state index is 10.3. The third kappa shape index (κ3) is 4.64. The number of aliphatic hydroxyl groups is 1. The second-order valence-electron chi connectivity index (χ2n) is 6.85.